The molecule has 0 aliphatic carbocycles. The van der Waals surface area contributed by atoms with Crippen molar-refractivity contribution >= 4 is 16.9 Å². The monoisotopic (exact) mass is 330 g/mol. The van der Waals surface area contributed by atoms with E-state index in [4.69, 9.17) is 5.73 Å². The molecule has 4 heteroatoms. The average Bonchev–Trinajstić information content (AvgIpc) is 2.74. The zero-order chi connectivity index (χ0) is 18.2. The molecule has 0 radical (unpaired) electrons. The van der Waals surface area contributed by atoms with E-state index in [0.29, 0.717) is 18.0 Å². The molecular formula is C20H30N2O2. The first-order valence-corrected chi connectivity index (χ1v) is 8.70. The molecule has 0 saturated carbocycles. The van der Waals surface area contributed by atoms with Crippen LogP contribution in [0, 0.1) is 6.92 Å². The van der Waals surface area contributed by atoms with Gasteiger partial charge in [0.05, 0.1) is 11.1 Å². The lowest BCUT2D eigenvalue weighted by Gasteiger charge is -2.21. The van der Waals surface area contributed by atoms with Crippen LogP contribution in [0.15, 0.2) is 12.1 Å². The quantitative estimate of drug-likeness (QED) is 0.853. The van der Waals surface area contributed by atoms with E-state index >= 15 is 0 Å². The van der Waals surface area contributed by atoms with Gasteiger partial charge in [-0.1, -0.05) is 34.6 Å². The van der Waals surface area contributed by atoms with Crippen LogP contribution in [0.5, 0.6) is 0 Å². The lowest BCUT2D eigenvalue weighted by molar-refractivity contribution is 0.0698. The second-order valence-electron chi connectivity index (χ2n) is 7.92. The van der Waals surface area contributed by atoms with Crippen molar-refractivity contribution in [2.45, 2.75) is 65.8 Å². The van der Waals surface area contributed by atoms with Gasteiger partial charge in [0.25, 0.3) is 0 Å². The molecule has 1 aromatic carbocycles. The number of aromatic carboxylic acids is 1. The van der Waals surface area contributed by atoms with Crippen LogP contribution in [0.2, 0.25) is 0 Å². The number of nitrogens with zero attached hydrogens (tertiary/aromatic N) is 1. The van der Waals surface area contributed by atoms with E-state index in [-0.39, 0.29) is 5.41 Å². The van der Waals surface area contributed by atoms with Crippen molar-refractivity contribution < 1.29 is 9.90 Å². The molecule has 1 heterocycles. The molecule has 24 heavy (non-hydrogen) atoms. The van der Waals surface area contributed by atoms with Gasteiger partial charge in [0.1, 0.15) is 0 Å². The first kappa shape index (κ1) is 18.5. The number of carbonyl (C=O) groups is 1. The summed E-state index contributed by atoms with van der Waals surface area (Å²) in [4.78, 5) is 12.0. The minimum absolute atomic E-state index is 0.0973. The Morgan fingerprint density at radius 3 is 2.38 bits per heavy atom. The summed E-state index contributed by atoms with van der Waals surface area (Å²) in [7, 11) is 0. The van der Waals surface area contributed by atoms with E-state index < -0.39 is 5.97 Å². The van der Waals surface area contributed by atoms with Crippen LogP contribution < -0.4 is 5.73 Å². The molecule has 4 nitrogen and oxygen atoms in total. The Morgan fingerprint density at radius 1 is 1.29 bits per heavy atom. The third-order valence-corrected chi connectivity index (χ3v) is 4.72. The highest BCUT2D eigenvalue weighted by Crippen LogP contribution is 2.37. The Kier molecular flexibility index (Phi) is 5.09. The summed E-state index contributed by atoms with van der Waals surface area (Å²) in [6, 6.07) is 4.02. The van der Waals surface area contributed by atoms with Crippen molar-refractivity contribution in [3.05, 3.63) is 34.5 Å². The van der Waals surface area contributed by atoms with Crippen molar-refractivity contribution in [3.63, 3.8) is 0 Å². The molecule has 0 amide bonds. The second kappa shape index (κ2) is 6.60. The van der Waals surface area contributed by atoms with Crippen molar-refractivity contribution in [3.8, 4) is 0 Å². The Balaban J connectivity index is 2.93. The highest BCUT2D eigenvalue weighted by Gasteiger charge is 2.25. The van der Waals surface area contributed by atoms with Gasteiger partial charge in [0.15, 0.2) is 0 Å². The fourth-order valence-corrected chi connectivity index (χ4v) is 3.49. The standard InChI is InChI=1S/C20H30N2O2/c1-12(2)17-13(3)22(9-7-8-21)18-15(17)10-14(20(4,5)6)11-16(18)19(23)24/h10-12H,7-9,21H2,1-6H3,(H,23,24). The lowest BCUT2D eigenvalue weighted by Crippen LogP contribution is -2.14. The van der Waals surface area contributed by atoms with E-state index in [1.807, 2.05) is 6.07 Å². The smallest absolute Gasteiger partial charge is 0.337 e. The summed E-state index contributed by atoms with van der Waals surface area (Å²) in [6.45, 7) is 14.1. The molecule has 0 fully saturated rings. The minimum atomic E-state index is -0.868. The van der Waals surface area contributed by atoms with Crippen LogP contribution >= 0.6 is 0 Å². The summed E-state index contributed by atoms with van der Waals surface area (Å²) in [5.74, 6) is -0.531. The lowest BCUT2D eigenvalue weighted by atomic mass is 9.84. The molecule has 132 valence electrons. The van der Waals surface area contributed by atoms with Gasteiger partial charge in [-0.2, -0.15) is 0 Å². The highest BCUT2D eigenvalue weighted by molar-refractivity contribution is 6.04. The molecule has 0 aliphatic rings. The molecule has 0 saturated heterocycles. The molecule has 0 spiro atoms. The maximum absolute atomic E-state index is 12.0. The van der Waals surface area contributed by atoms with E-state index in [2.05, 4.69) is 52.2 Å². The molecule has 2 rings (SSSR count). The molecular weight excluding hydrogens is 300 g/mol. The maximum atomic E-state index is 12.0. The normalized spacial score (nSPS) is 12.3. The van der Waals surface area contributed by atoms with Crippen molar-refractivity contribution in [1.82, 2.24) is 4.57 Å². The number of aromatic nitrogens is 1. The van der Waals surface area contributed by atoms with E-state index in [9.17, 15) is 9.90 Å². The molecule has 3 N–H and O–H groups in total. The number of hydrogen-bond acceptors (Lipinski definition) is 2. The Bertz CT molecular complexity index is 764. The molecule has 0 aliphatic heterocycles. The number of fused-ring (bicyclic) bond motifs is 1. The SMILES string of the molecule is Cc1c(C(C)C)c2cc(C(C)(C)C)cc(C(=O)O)c2n1CCCN. The van der Waals surface area contributed by atoms with Crippen LogP contribution in [-0.4, -0.2) is 22.2 Å². The Hall–Kier alpha value is -1.81. The van der Waals surface area contributed by atoms with Gasteiger partial charge in [-0.05, 0) is 54.5 Å². The number of benzene rings is 1. The molecule has 0 bridgehead atoms. The Labute approximate surface area is 144 Å². The summed E-state index contributed by atoms with van der Waals surface area (Å²) in [5.41, 5.74) is 10.3. The number of rotatable bonds is 5. The maximum Gasteiger partial charge on any atom is 0.337 e. The third-order valence-electron chi connectivity index (χ3n) is 4.72. The zero-order valence-electron chi connectivity index (χ0n) is 15.7. The van der Waals surface area contributed by atoms with Crippen LogP contribution in [0.1, 0.15) is 74.1 Å². The summed E-state index contributed by atoms with van der Waals surface area (Å²) in [6.07, 6.45) is 0.836. The predicted molar refractivity (Wildman–Crippen MR) is 100 cm³/mol. The van der Waals surface area contributed by atoms with Crippen LogP contribution in [0.3, 0.4) is 0 Å². The minimum Gasteiger partial charge on any atom is -0.478 e. The summed E-state index contributed by atoms with van der Waals surface area (Å²) < 4.78 is 2.15. The van der Waals surface area contributed by atoms with Crippen LogP contribution in [0.4, 0.5) is 0 Å². The number of nitrogens with two attached hydrogens (primary N) is 1. The predicted octanol–water partition coefficient (Wildman–Crippen LogP) is 4.42. The van der Waals surface area contributed by atoms with Gasteiger partial charge in [-0.3, -0.25) is 0 Å². The number of hydrogen-bond donors (Lipinski definition) is 2. The largest absolute Gasteiger partial charge is 0.478 e. The second-order valence-corrected chi connectivity index (χ2v) is 7.92. The molecule has 2 aromatic rings. The topological polar surface area (TPSA) is 68.2 Å². The molecule has 1 aromatic heterocycles. The molecule has 0 unspecified atom stereocenters. The van der Waals surface area contributed by atoms with Gasteiger partial charge < -0.3 is 15.4 Å². The Morgan fingerprint density at radius 2 is 1.92 bits per heavy atom. The van der Waals surface area contributed by atoms with E-state index in [1.54, 1.807) is 0 Å². The van der Waals surface area contributed by atoms with Gasteiger partial charge in [0.2, 0.25) is 0 Å². The number of aryl methyl sites for hydroxylation is 1. The summed E-state index contributed by atoms with van der Waals surface area (Å²) >= 11 is 0. The zero-order valence-corrected chi connectivity index (χ0v) is 15.7. The van der Waals surface area contributed by atoms with Gasteiger partial charge >= 0.3 is 5.97 Å². The highest BCUT2D eigenvalue weighted by atomic mass is 16.4. The summed E-state index contributed by atoms with van der Waals surface area (Å²) in [5, 5.41) is 10.9. The van der Waals surface area contributed by atoms with Gasteiger partial charge in [-0.15, -0.1) is 0 Å². The van der Waals surface area contributed by atoms with Gasteiger partial charge in [0, 0.05) is 17.6 Å². The first-order chi connectivity index (χ1) is 11.1. The van der Waals surface area contributed by atoms with E-state index in [1.165, 1.54) is 5.56 Å². The van der Waals surface area contributed by atoms with Crippen molar-refractivity contribution in [2.75, 3.05) is 6.54 Å². The fourth-order valence-electron chi connectivity index (χ4n) is 3.49. The first-order valence-electron chi connectivity index (χ1n) is 8.70. The molecule has 0 atom stereocenters. The van der Waals surface area contributed by atoms with Gasteiger partial charge in [-0.25, -0.2) is 4.79 Å². The third kappa shape index (κ3) is 3.20. The number of carboxylic acid groups (broad SMARTS) is 1. The van der Waals surface area contributed by atoms with Crippen molar-refractivity contribution in [2.24, 2.45) is 5.73 Å². The van der Waals surface area contributed by atoms with Crippen LogP contribution in [-0.2, 0) is 12.0 Å². The van der Waals surface area contributed by atoms with Crippen LogP contribution in [0.25, 0.3) is 10.9 Å². The number of carboxylic acids is 1. The van der Waals surface area contributed by atoms with Crippen molar-refractivity contribution in [1.29, 1.82) is 0 Å². The van der Waals surface area contributed by atoms with E-state index in [0.717, 1.165) is 35.1 Å². The fraction of sp³-hybridized carbons (Fsp3) is 0.550. The average molecular weight is 330 g/mol.